The van der Waals surface area contributed by atoms with E-state index in [9.17, 15) is 4.79 Å². The van der Waals surface area contributed by atoms with Gasteiger partial charge in [-0.1, -0.05) is 54.1 Å². The molecule has 1 saturated heterocycles. The Morgan fingerprint density at radius 3 is 2.89 bits per heavy atom. The molecule has 0 spiro atoms. The van der Waals surface area contributed by atoms with Crippen LogP contribution in [-0.4, -0.2) is 12.5 Å². The monoisotopic (exact) mass is 389 g/mol. The van der Waals surface area contributed by atoms with Gasteiger partial charge in [-0.2, -0.15) is 0 Å². The average molecular weight is 390 g/mol. The minimum absolute atomic E-state index is 0.115. The van der Waals surface area contributed by atoms with E-state index in [1.54, 1.807) is 12.1 Å². The van der Waals surface area contributed by atoms with Crippen LogP contribution in [0, 0.1) is 0 Å². The molecule has 2 aromatic rings. The normalized spacial score (nSPS) is 21.6. The molecule has 0 radical (unpaired) electrons. The Bertz CT molecular complexity index is 1050. The molecule has 1 unspecified atom stereocenters. The smallest absolute Gasteiger partial charge is 0.315 e. The molecule has 1 aliphatic heterocycles. The highest BCUT2D eigenvalue weighted by Gasteiger charge is 2.45. The highest BCUT2D eigenvalue weighted by Crippen LogP contribution is 2.53. The summed E-state index contributed by atoms with van der Waals surface area (Å²) in [7, 11) is 0. The van der Waals surface area contributed by atoms with Crippen molar-refractivity contribution in [3.8, 4) is 5.75 Å². The van der Waals surface area contributed by atoms with E-state index >= 15 is 0 Å². The number of hydrogen-bond acceptors (Lipinski definition) is 3. The molecule has 4 heteroatoms. The van der Waals surface area contributed by atoms with E-state index in [1.165, 1.54) is 11.3 Å². The topological polar surface area (TPSA) is 38.3 Å². The third-order valence-corrected chi connectivity index (χ3v) is 6.11. The predicted molar refractivity (Wildman–Crippen MR) is 111 cm³/mol. The molecule has 0 saturated carbocycles. The van der Waals surface area contributed by atoms with E-state index < -0.39 is 0 Å². The van der Waals surface area contributed by atoms with Gasteiger partial charge in [0.05, 0.1) is 6.42 Å². The molecule has 1 N–H and O–H groups in total. The first-order chi connectivity index (χ1) is 13.7. The minimum Gasteiger partial charge on any atom is -0.426 e. The van der Waals surface area contributed by atoms with Crippen molar-refractivity contribution in [2.45, 2.75) is 24.7 Å². The van der Waals surface area contributed by atoms with E-state index in [1.807, 2.05) is 24.3 Å². The molecule has 28 heavy (non-hydrogen) atoms. The van der Waals surface area contributed by atoms with Crippen LogP contribution in [0.5, 0.6) is 5.75 Å². The first kappa shape index (κ1) is 17.3. The number of allylic oxidation sites excluding steroid dienone is 4. The van der Waals surface area contributed by atoms with Gasteiger partial charge in [-0.05, 0) is 53.8 Å². The standard InChI is InChI=1S/C24H20ClNO2/c25-18-9-7-16(8-10-18)14-22(27)28-21-6-3-4-17-15-20-19-5-1-2-11-24(19,23(17)21)12-13-26-20/h1-10,15,26H,11-14H2. The van der Waals surface area contributed by atoms with Crippen LogP contribution in [0.15, 0.2) is 72.0 Å². The number of halogens is 1. The Kier molecular flexibility index (Phi) is 4.13. The van der Waals surface area contributed by atoms with Crippen molar-refractivity contribution in [2.24, 2.45) is 0 Å². The zero-order valence-electron chi connectivity index (χ0n) is 15.4. The van der Waals surface area contributed by atoms with Gasteiger partial charge in [-0.3, -0.25) is 4.79 Å². The second-order valence-corrected chi connectivity index (χ2v) is 7.96. The van der Waals surface area contributed by atoms with Crippen LogP contribution in [0.25, 0.3) is 6.08 Å². The summed E-state index contributed by atoms with van der Waals surface area (Å²) >= 11 is 5.93. The fraction of sp³-hybridized carbons (Fsp3) is 0.208. The summed E-state index contributed by atoms with van der Waals surface area (Å²) in [6, 6.07) is 13.3. The van der Waals surface area contributed by atoms with Crippen molar-refractivity contribution in [3.05, 3.63) is 93.7 Å². The van der Waals surface area contributed by atoms with Crippen molar-refractivity contribution in [1.82, 2.24) is 5.32 Å². The van der Waals surface area contributed by atoms with Crippen LogP contribution in [0.3, 0.4) is 0 Å². The Labute approximate surface area is 169 Å². The number of esters is 1. The summed E-state index contributed by atoms with van der Waals surface area (Å²) < 4.78 is 5.91. The Morgan fingerprint density at radius 2 is 2.04 bits per heavy atom. The summed E-state index contributed by atoms with van der Waals surface area (Å²) in [5.74, 6) is 0.419. The molecule has 2 bridgehead atoms. The highest BCUT2D eigenvalue weighted by molar-refractivity contribution is 6.30. The van der Waals surface area contributed by atoms with Crippen LogP contribution in [0.4, 0.5) is 0 Å². The van der Waals surface area contributed by atoms with E-state index in [0.717, 1.165) is 36.1 Å². The summed E-state index contributed by atoms with van der Waals surface area (Å²) in [6.45, 7) is 0.920. The number of benzene rings is 2. The molecular weight excluding hydrogens is 370 g/mol. The van der Waals surface area contributed by atoms with E-state index in [2.05, 4.69) is 35.7 Å². The van der Waals surface area contributed by atoms with Gasteiger partial charge in [0.1, 0.15) is 5.75 Å². The summed E-state index contributed by atoms with van der Waals surface area (Å²) in [6.07, 6.45) is 10.8. The Morgan fingerprint density at radius 1 is 1.18 bits per heavy atom. The van der Waals surface area contributed by atoms with Crippen molar-refractivity contribution in [1.29, 1.82) is 0 Å². The lowest BCUT2D eigenvalue weighted by Crippen LogP contribution is -2.44. The molecule has 3 aliphatic rings. The molecule has 140 valence electrons. The minimum atomic E-state index is -0.257. The molecule has 0 aromatic heterocycles. The van der Waals surface area contributed by atoms with E-state index in [0.29, 0.717) is 10.8 Å². The third kappa shape index (κ3) is 2.78. The molecule has 3 nitrogen and oxygen atoms in total. The number of fused-ring (bicyclic) bond motifs is 1. The first-order valence-corrected chi connectivity index (χ1v) is 9.95. The zero-order chi connectivity index (χ0) is 19.1. The van der Waals surface area contributed by atoms with Gasteiger partial charge in [0.2, 0.25) is 0 Å². The van der Waals surface area contributed by atoms with Crippen molar-refractivity contribution in [2.75, 3.05) is 6.54 Å². The highest BCUT2D eigenvalue weighted by atomic mass is 35.5. The fourth-order valence-corrected chi connectivity index (χ4v) is 4.76. The zero-order valence-corrected chi connectivity index (χ0v) is 16.1. The van der Waals surface area contributed by atoms with Gasteiger partial charge in [0.25, 0.3) is 0 Å². The quantitative estimate of drug-likeness (QED) is 0.595. The number of carbonyl (C=O) groups is 1. The number of piperidine rings is 1. The molecule has 1 fully saturated rings. The van der Waals surface area contributed by atoms with Crippen LogP contribution in [0.1, 0.15) is 29.5 Å². The lowest BCUT2D eigenvalue weighted by Gasteiger charge is -2.46. The average Bonchev–Trinajstić information content (AvgIpc) is 2.69. The molecular formula is C24H20ClNO2. The Hall–Kier alpha value is -2.78. The molecule has 1 heterocycles. The lowest BCUT2D eigenvalue weighted by atomic mass is 9.61. The van der Waals surface area contributed by atoms with Crippen molar-refractivity contribution >= 4 is 23.6 Å². The van der Waals surface area contributed by atoms with Gasteiger partial charge in [0, 0.05) is 28.2 Å². The Balaban J connectivity index is 1.51. The molecule has 1 atom stereocenters. The lowest BCUT2D eigenvalue weighted by molar-refractivity contribution is -0.133. The van der Waals surface area contributed by atoms with Crippen LogP contribution in [0.2, 0.25) is 5.02 Å². The van der Waals surface area contributed by atoms with E-state index in [-0.39, 0.29) is 17.8 Å². The second kappa shape index (κ2) is 6.68. The first-order valence-electron chi connectivity index (χ1n) is 9.58. The summed E-state index contributed by atoms with van der Waals surface area (Å²) in [5.41, 5.74) is 5.54. The van der Waals surface area contributed by atoms with Gasteiger partial charge in [-0.25, -0.2) is 0 Å². The summed E-state index contributed by atoms with van der Waals surface area (Å²) in [4.78, 5) is 12.7. The number of ether oxygens (including phenoxy) is 1. The van der Waals surface area contributed by atoms with Gasteiger partial charge < -0.3 is 10.1 Å². The van der Waals surface area contributed by atoms with Gasteiger partial charge >= 0.3 is 5.97 Å². The van der Waals surface area contributed by atoms with Gasteiger partial charge in [-0.15, -0.1) is 0 Å². The maximum absolute atomic E-state index is 12.7. The molecule has 5 rings (SSSR count). The van der Waals surface area contributed by atoms with Crippen LogP contribution >= 0.6 is 11.6 Å². The SMILES string of the molecule is O=C(Cc1ccc(Cl)cc1)Oc1cccc2c1C13CC=CC=C1C(=C2)NCC3. The van der Waals surface area contributed by atoms with Crippen molar-refractivity contribution in [3.63, 3.8) is 0 Å². The third-order valence-electron chi connectivity index (χ3n) is 5.86. The number of nitrogens with one attached hydrogen (secondary N) is 1. The molecule has 2 aliphatic carbocycles. The largest absolute Gasteiger partial charge is 0.426 e. The maximum Gasteiger partial charge on any atom is 0.315 e. The number of rotatable bonds is 3. The molecule has 0 amide bonds. The van der Waals surface area contributed by atoms with Crippen LogP contribution < -0.4 is 10.1 Å². The number of hydrogen-bond donors (Lipinski definition) is 1. The van der Waals surface area contributed by atoms with Crippen LogP contribution in [-0.2, 0) is 16.6 Å². The summed E-state index contributed by atoms with van der Waals surface area (Å²) in [5, 5.41) is 4.18. The molecule has 2 aromatic carbocycles. The second-order valence-electron chi connectivity index (χ2n) is 7.53. The maximum atomic E-state index is 12.7. The predicted octanol–water partition coefficient (Wildman–Crippen LogP) is 4.96. The van der Waals surface area contributed by atoms with Crippen molar-refractivity contribution < 1.29 is 9.53 Å². The number of carbonyl (C=O) groups excluding carboxylic acids is 1. The van der Waals surface area contributed by atoms with E-state index in [4.69, 9.17) is 16.3 Å². The fourth-order valence-electron chi connectivity index (χ4n) is 4.63. The van der Waals surface area contributed by atoms with Gasteiger partial charge in [0.15, 0.2) is 0 Å².